The summed E-state index contributed by atoms with van der Waals surface area (Å²) in [4.78, 5) is 12.3. The number of H-pyrrole nitrogens is 1. The van der Waals surface area contributed by atoms with E-state index < -0.39 is 0 Å². The lowest BCUT2D eigenvalue weighted by Gasteiger charge is -2.01. The van der Waals surface area contributed by atoms with E-state index in [4.69, 9.17) is 4.74 Å². The van der Waals surface area contributed by atoms with Crippen molar-refractivity contribution in [2.75, 3.05) is 18.5 Å². The van der Waals surface area contributed by atoms with Crippen molar-refractivity contribution in [2.24, 2.45) is 0 Å². The van der Waals surface area contributed by atoms with Gasteiger partial charge in [-0.2, -0.15) is 4.98 Å². The van der Waals surface area contributed by atoms with Gasteiger partial charge in [-0.15, -0.1) is 0 Å². The molecule has 5 nitrogen and oxygen atoms in total. The van der Waals surface area contributed by atoms with Gasteiger partial charge in [-0.1, -0.05) is 0 Å². The van der Waals surface area contributed by atoms with Gasteiger partial charge in [0.25, 0.3) is 0 Å². The Balaban J connectivity index is 1.76. The lowest BCUT2D eigenvalue weighted by Crippen LogP contribution is -1.93. The SMILES string of the molecule is CCOc1ccc2[nH]c(-c3ccc4c(c3)CCN4)nc2n1. The van der Waals surface area contributed by atoms with Gasteiger partial charge in [0.15, 0.2) is 5.65 Å². The highest BCUT2D eigenvalue weighted by Gasteiger charge is 2.13. The van der Waals surface area contributed by atoms with Gasteiger partial charge in [-0.3, -0.25) is 0 Å². The molecule has 0 aliphatic carbocycles. The van der Waals surface area contributed by atoms with Crippen molar-refractivity contribution in [3.8, 4) is 17.3 Å². The molecule has 0 fully saturated rings. The van der Waals surface area contributed by atoms with Crippen LogP contribution in [-0.2, 0) is 6.42 Å². The van der Waals surface area contributed by atoms with Crippen molar-refractivity contribution < 1.29 is 4.74 Å². The maximum atomic E-state index is 5.42. The first-order chi connectivity index (χ1) is 10.3. The molecule has 4 rings (SSSR count). The summed E-state index contributed by atoms with van der Waals surface area (Å²) >= 11 is 0. The van der Waals surface area contributed by atoms with Crippen LogP contribution in [0.3, 0.4) is 0 Å². The molecular weight excluding hydrogens is 264 g/mol. The number of ether oxygens (including phenoxy) is 1. The van der Waals surface area contributed by atoms with Crippen LogP contribution >= 0.6 is 0 Å². The zero-order valence-electron chi connectivity index (χ0n) is 11.8. The van der Waals surface area contributed by atoms with Crippen molar-refractivity contribution in [1.82, 2.24) is 15.0 Å². The highest BCUT2D eigenvalue weighted by Crippen LogP contribution is 2.28. The Morgan fingerprint density at radius 2 is 2.14 bits per heavy atom. The zero-order valence-corrected chi connectivity index (χ0v) is 11.8. The number of hydrogen-bond acceptors (Lipinski definition) is 4. The summed E-state index contributed by atoms with van der Waals surface area (Å²) in [7, 11) is 0. The van der Waals surface area contributed by atoms with Gasteiger partial charge in [-0.25, -0.2) is 4.98 Å². The van der Waals surface area contributed by atoms with E-state index in [-0.39, 0.29) is 0 Å². The molecule has 2 N–H and O–H groups in total. The van der Waals surface area contributed by atoms with E-state index in [0.29, 0.717) is 18.1 Å². The summed E-state index contributed by atoms with van der Waals surface area (Å²) in [5.41, 5.74) is 5.28. The van der Waals surface area contributed by atoms with E-state index in [1.54, 1.807) is 0 Å². The molecule has 106 valence electrons. The number of hydrogen-bond donors (Lipinski definition) is 2. The number of aromatic nitrogens is 3. The maximum absolute atomic E-state index is 5.42. The maximum Gasteiger partial charge on any atom is 0.215 e. The molecule has 0 spiro atoms. The van der Waals surface area contributed by atoms with Gasteiger partial charge in [-0.05, 0) is 43.2 Å². The lowest BCUT2D eigenvalue weighted by atomic mass is 10.1. The van der Waals surface area contributed by atoms with Crippen LogP contribution in [0.1, 0.15) is 12.5 Å². The van der Waals surface area contributed by atoms with Gasteiger partial charge in [0.2, 0.25) is 5.88 Å². The Kier molecular flexibility index (Phi) is 2.77. The molecule has 5 heteroatoms. The largest absolute Gasteiger partial charge is 0.478 e. The molecule has 3 aromatic rings. The van der Waals surface area contributed by atoms with Crippen LogP contribution in [0.4, 0.5) is 5.69 Å². The van der Waals surface area contributed by atoms with Crippen LogP contribution in [0.2, 0.25) is 0 Å². The van der Waals surface area contributed by atoms with E-state index in [0.717, 1.165) is 29.9 Å². The van der Waals surface area contributed by atoms with E-state index in [9.17, 15) is 0 Å². The number of fused-ring (bicyclic) bond motifs is 2. The van der Waals surface area contributed by atoms with Crippen LogP contribution in [0.25, 0.3) is 22.6 Å². The Morgan fingerprint density at radius 1 is 1.19 bits per heavy atom. The molecule has 2 aromatic heterocycles. The summed E-state index contributed by atoms with van der Waals surface area (Å²) < 4.78 is 5.42. The predicted octanol–water partition coefficient (Wildman–Crippen LogP) is 2.99. The number of nitrogens with one attached hydrogen (secondary N) is 2. The molecule has 21 heavy (non-hydrogen) atoms. The van der Waals surface area contributed by atoms with Gasteiger partial charge in [0, 0.05) is 23.9 Å². The highest BCUT2D eigenvalue weighted by atomic mass is 16.5. The number of aromatic amines is 1. The molecule has 0 saturated carbocycles. The summed E-state index contributed by atoms with van der Waals surface area (Å²) in [5, 5.41) is 3.37. The summed E-state index contributed by atoms with van der Waals surface area (Å²) in [6.07, 6.45) is 1.07. The van der Waals surface area contributed by atoms with Gasteiger partial charge in [0.1, 0.15) is 5.82 Å². The number of pyridine rings is 1. The second-order valence-electron chi connectivity index (χ2n) is 5.09. The lowest BCUT2D eigenvalue weighted by molar-refractivity contribution is 0.328. The van der Waals surface area contributed by atoms with Gasteiger partial charge < -0.3 is 15.0 Å². The number of rotatable bonds is 3. The van der Waals surface area contributed by atoms with Crippen molar-refractivity contribution in [2.45, 2.75) is 13.3 Å². The average molecular weight is 280 g/mol. The van der Waals surface area contributed by atoms with Crippen LogP contribution in [0, 0.1) is 0 Å². The smallest absolute Gasteiger partial charge is 0.215 e. The van der Waals surface area contributed by atoms with Crippen LogP contribution in [0.5, 0.6) is 5.88 Å². The Morgan fingerprint density at radius 3 is 3.05 bits per heavy atom. The zero-order chi connectivity index (χ0) is 14.2. The molecule has 3 heterocycles. The fourth-order valence-electron chi connectivity index (χ4n) is 2.69. The number of benzene rings is 1. The third kappa shape index (κ3) is 2.11. The Bertz CT molecular complexity index is 809. The van der Waals surface area contributed by atoms with E-state index in [1.807, 2.05) is 19.1 Å². The summed E-state index contributed by atoms with van der Waals surface area (Å²) in [6, 6.07) is 10.2. The molecule has 0 bridgehead atoms. The second-order valence-corrected chi connectivity index (χ2v) is 5.09. The molecule has 1 aliphatic rings. The third-order valence-corrected chi connectivity index (χ3v) is 3.70. The molecule has 1 aromatic carbocycles. The molecule has 0 amide bonds. The third-order valence-electron chi connectivity index (χ3n) is 3.70. The molecule has 0 radical (unpaired) electrons. The standard InChI is InChI=1S/C16H16N4O/c1-2-21-14-6-5-13-16(19-14)20-15(18-13)11-3-4-12-10(9-11)7-8-17-12/h3-6,9,17H,2,7-8H2,1H3,(H,18,19,20). The first-order valence-corrected chi connectivity index (χ1v) is 7.20. The van der Waals surface area contributed by atoms with Crippen molar-refractivity contribution >= 4 is 16.9 Å². The first kappa shape index (κ1) is 12.2. The Hall–Kier alpha value is -2.56. The van der Waals surface area contributed by atoms with E-state index in [2.05, 4.69) is 38.5 Å². The number of imidazole rings is 1. The minimum atomic E-state index is 0.605. The first-order valence-electron chi connectivity index (χ1n) is 7.20. The monoisotopic (exact) mass is 280 g/mol. The number of nitrogens with zero attached hydrogens (tertiary/aromatic N) is 2. The van der Waals surface area contributed by atoms with E-state index in [1.165, 1.54) is 11.3 Å². The number of anilines is 1. The van der Waals surface area contributed by atoms with Crippen molar-refractivity contribution in [1.29, 1.82) is 0 Å². The quantitative estimate of drug-likeness (QED) is 0.774. The van der Waals surface area contributed by atoms with E-state index >= 15 is 0 Å². The highest BCUT2D eigenvalue weighted by molar-refractivity contribution is 5.77. The summed E-state index contributed by atoms with van der Waals surface area (Å²) in [5.74, 6) is 1.46. The minimum Gasteiger partial charge on any atom is -0.478 e. The molecule has 0 saturated heterocycles. The molecule has 0 atom stereocenters. The van der Waals surface area contributed by atoms with Crippen molar-refractivity contribution in [3.63, 3.8) is 0 Å². The fourth-order valence-corrected chi connectivity index (χ4v) is 2.69. The van der Waals surface area contributed by atoms with Crippen LogP contribution in [0.15, 0.2) is 30.3 Å². The van der Waals surface area contributed by atoms with Crippen LogP contribution in [-0.4, -0.2) is 28.1 Å². The molecule has 1 aliphatic heterocycles. The Labute approximate surface area is 122 Å². The average Bonchev–Trinajstić information content (AvgIpc) is 3.12. The van der Waals surface area contributed by atoms with Crippen molar-refractivity contribution in [3.05, 3.63) is 35.9 Å². The fraction of sp³-hybridized carbons (Fsp3) is 0.250. The molecule has 0 unspecified atom stereocenters. The van der Waals surface area contributed by atoms with Gasteiger partial charge in [0.05, 0.1) is 12.1 Å². The second kappa shape index (κ2) is 4.77. The predicted molar refractivity (Wildman–Crippen MR) is 82.7 cm³/mol. The normalized spacial score (nSPS) is 13.2. The van der Waals surface area contributed by atoms with Crippen LogP contribution < -0.4 is 10.1 Å². The van der Waals surface area contributed by atoms with Gasteiger partial charge >= 0.3 is 0 Å². The minimum absolute atomic E-state index is 0.605. The molecular formula is C16H16N4O. The summed E-state index contributed by atoms with van der Waals surface area (Å²) in [6.45, 7) is 3.56. The topological polar surface area (TPSA) is 62.8 Å².